The summed E-state index contributed by atoms with van der Waals surface area (Å²) in [6.45, 7) is 1.98. The van der Waals surface area contributed by atoms with Crippen molar-refractivity contribution in [3.8, 4) is 11.4 Å². The molecule has 4 heterocycles. The monoisotopic (exact) mass is 520 g/mol. The van der Waals surface area contributed by atoms with E-state index in [1.54, 1.807) is 41.0 Å². The summed E-state index contributed by atoms with van der Waals surface area (Å²) in [5.41, 5.74) is -1.09. The van der Waals surface area contributed by atoms with Gasteiger partial charge in [-0.25, -0.2) is 23.7 Å². The van der Waals surface area contributed by atoms with Gasteiger partial charge in [0.25, 0.3) is 5.91 Å². The SMILES string of the molecule is [B]C(O)(c1ccc(F)c(F)c1)N1C(=O)c2nc(-c3nc(Nc4ccnn4C)ncc3C)cn2C[C@@H]1COC. The molecule has 1 aromatic carbocycles. The zero-order chi connectivity index (χ0) is 27.2. The van der Waals surface area contributed by atoms with Crippen molar-refractivity contribution in [2.24, 2.45) is 7.05 Å². The molecule has 194 valence electrons. The zero-order valence-corrected chi connectivity index (χ0v) is 20.8. The zero-order valence-electron chi connectivity index (χ0n) is 20.8. The van der Waals surface area contributed by atoms with E-state index in [4.69, 9.17) is 12.6 Å². The lowest BCUT2D eigenvalue weighted by molar-refractivity contribution is -0.0707. The fourth-order valence-electron chi connectivity index (χ4n) is 4.41. The molecular weight excluding hydrogens is 497 g/mol. The standard InChI is InChI=1S/C24H23BF2N8O3/c1-13-9-28-23(31-19-6-7-29-33(19)2)32-20(13)18-11-34-10-15(12-38-3)35(22(36)21(34)30-18)24(25,37)14-4-5-16(26)17(27)8-14/h4-9,11,15,37H,10,12H2,1-3H3,(H,28,31,32)/t15-,24?/m1/s1. The van der Waals surface area contributed by atoms with Crippen molar-refractivity contribution in [3.63, 3.8) is 0 Å². The summed E-state index contributed by atoms with van der Waals surface area (Å²) in [6.07, 6.45) is 4.93. The number of fused-ring (bicyclic) bond motifs is 1. The number of nitrogens with one attached hydrogen (secondary N) is 1. The number of imidazole rings is 1. The lowest BCUT2D eigenvalue weighted by Gasteiger charge is -2.45. The normalized spacial score (nSPS) is 16.8. The third kappa shape index (κ3) is 4.41. The number of amides is 1. The number of ether oxygens (including phenoxy) is 1. The summed E-state index contributed by atoms with van der Waals surface area (Å²) < 4.78 is 36.0. The number of aryl methyl sites for hydroxylation is 2. The molecule has 0 fully saturated rings. The Morgan fingerprint density at radius 1 is 1.26 bits per heavy atom. The van der Waals surface area contributed by atoms with Crippen LogP contribution in [0.25, 0.3) is 11.4 Å². The number of aromatic nitrogens is 6. The van der Waals surface area contributed by atoms with Crippen LogP contribution >= 0.6 is 0 Å². The van der Waals surface area contributed by atoms with Crippen molar-refractivity contribution in [3.05, 3.63) is 71.4 Å². The van der Waals surface area contributed by atoms with Crippen molar-refractivity contribution in [1.29, 1.82) is 0 Å². The summed E-state index contributed by atoms with van der Waals surface area (Å²) in [6, 6.07) is 3.71. The summed E-state index contributed by atoms with van der Waals surface area (Å²) in [5.74, 6) is -2.08. The van der Waals surface area contributed by atoms with E-state index in [2.05, 4.69) is 25.4 Å². The number of methoxy groups -OCH3 is 1. The van der Waals surface area contributed by atoms with E-state index >= 15 is 0 Å². The van der Waals surface area contributed by atoms with Crippen LogP contribution in [0, 0.1) is 18.6 Å². The highest BCUT2D eigenvalue weighted by Gasteiger charge is 2.44. The molecule has 0 spiro atoms. The van der Waals surface area contributed by atoms with Crippen molar-refractivity contribution >= 4 is 25.5 Å². The molecule has 11 nitrogen and oxygen atoms in total. The molecule has 0 aliphatic carbocycles. The maximum atomic E-state index is 14.0. The number of carbonyl (C=O) groups is 1. The largest absolute Gasteiger partial charge is 0.382 e. The first kappa shape index (κ1) is 25.5. The summed E-state index contributed by atoms with van der Waals surface area (Å²) in [4.78, 5) is 28.0. The van der Waals surface area contributed by atoms with Crippen molar-refractivity contribution < 1.29 is 23.4 Å². The van der Waals surface area contributed by atoms with E-state index in [-0.39, 0.29) is 24.5 Å². The molecule has 2 atom stereocenters. The van der Waals surface area contributed by atoms with Gasteiger partial charge in [0.05, 0.1) is 24.5 Å². The molecule has 1 aliphatic heterocycles. The Morgan fingerprint density at radius 3 is 2.74 bits per heavy atom. The predicted molar refractivity (Wildman–Crippen MR) is 132 cm³/mol. The molecule has 1 amide bonds. The van der Waals surface area contributed by atoms with Crippen molar-refractivity contribution in [2.75, 3.05) is 19.0 Å². The number of aliphatic hydroxyl groups is 1. The number of rotatable bonds is 7. The predicted octanol–water partition coefficient (Wildman–Crippen LogP) is 1.85. The Kier molecular flexibility index (Phi) is 6.45. The number of hydrogen-bond donors (Lipinski definition) is 2. The minimum Gasteiger partial charge on any atom is -0.382 e. The molecule has 14 heteroatoms. The molecule has 5 rings (SSSR count). The van der Waals surface area contributed by atoms with E-state index in [1.807, 2.05) is 6.92 Å². The van der Waals surface area contributed by atoms with Crippen LogP contribution in [0.3, 0.4) is 0 Å². The minimum atomic E-state index is -2.47. The van der Waals surface area contributed by atoms with E-state index < -0.39 is 29.2 Å². The Hall–Kier alpha value is -4.17. The summed E-state index contributed by atoms with van der Waals surface area (Å²) >= 11 is 0. The van der Waals surface area contributed by atoms with E-state index in [0.29, 0.717) is 28.7 Å². The first-order chi connectivity index (χ1) is 18.1. The molecular formula is C24H23BF2N8O3. The van der Waals surface area contributed by atoms with Crippen molar-refractivity contribution in [2.45, 2.75) is 25.1 Å². The highest BCUT2D eigenvalue weighted by atomic mass is 19.2. The number of hydrogen-bond acceptors (Lipinski definition) is 8. The second kappa shape index (κ2) is 9.61. The van der Waals surface area contributed by atoms with Gasteiger partial charge in [-0.3, -0.25) is 9.48 Å². The van der Waals surface area contributed by atoms with E-state index in [9.17, 15) is 18.7 Å². The smallest absolute Gasteiger partial charge is 0.292 e. The van der Waals surface area contributed by atoms with Gasteiger partial charge in [-0.15, -0.1) is 0 Å². The molecule has 3 aromatic heterocycles. The third-order valence-corrected chi connectivity index (χ3v) is 6.31. The Labute approximate surface area is 217 Å². The fourth-order valence-corrected chi connectivity index (χ4v) is 4.41. The molecule has 0 saturated heterocycles. The van der Waals surface area contributed by atoms with Gasteiger partial charge >= 0.3 is 0 Å². The van der Waals surface area contributed by atoms with Crippen LogP contribution in [0.1, 0.15) is 21.7 Å². The van der Waals surface area contributed by atoms with Gasteiger partial charge in [0.1, 0.15) is 17.1 Å². The molecule has 0 saturated carbocycles. The maximum Gasteiger partial charge on any atom is 0.292 e. The topological polar surface area (TPSA) is 123 Å². The average Bonchev–Trinajstić information content (AvgIpc) is 3.48. The highest BCUT2D eigenvalue weighted by molar-refractivity contribution is 6.16. The second-order valence-corrected chi connectivity index (χ2v) is 8.93. The number of nitrogens with zero attached hydrogens (tertiary/aromatic N) is 7. The van der Waals surface area contributed by atoms with Gasteiger partial charge in [-0.1, -0.05) is 6.07 Å². The Balaban J connectivity index is 1.52. The first-order valence-corrected chi connectivity index (χ1v) is 11.6. The van der Waals surface area contributed by atoms with Gasteiger partial charge in [0.15, 0.2) is 25.3 Å². The number of benzene rings is 1. The van der Waals surface area contributed by atoms with Crippen molar-refractivity contribution in [1.82, 2.24) is 34.2 Å². The van der Waals surface area contributed by atoms with Gasteiger partial charge in [-0.05, 0) is 30.2 Å². The van der Waals surface area contributed by atoms with Crippen LogP contribution in [-0.4, -0.2) is 72.8 Å². The number of anilines is 2. The molecule has 1 unspecified atom stereocenters. The second-order valence-electron chi connectivity index (χ2n) is 8.93. The number of halogens is 2. The van der Waals surface area contributed by atoms with Gasteiger partial charge in [0, 0.05) is 39.2 Å². The summed E-state index contributed by atoms with van der Waals surface area (Å²) in [7, 11) is 9.39. The highest BCUT2D eigenvalue weighted by Crippen LogP contribution is 2.33. The molecule has 2 N–H and O–H groups in total. The first-order valence-electron chi connectivity index (χ1n) is 11.6. The van der Waals surface area contributed by atoms with Gasteiger partial charge in [0.2, 0.25) is 5.95 Å². The van der Waals surface area contributed by atoms with Crippen LogP contribution in [0.5, 0.6) is 0 Å². The lowest BCUT2D eigenvalue weighted by Crippen LogP contribution is -2.60. The Bertz CT molecular complexity index is 1520. The average molecular weight is 520 g/mol. The van der Waals surface area contributed by atoms with E-state index in [0.717, 1.165) is 23.1 Å². The van der Waals surface area contributed by atoms with Crippen LogP contribution in [0.4, 0.5) is 20.5 Å². The van der Waals surface area contributed by atoms with Crippen LogP contribution < -0.4 is 5.32 Å². The molecule has 4 aromatic rings. The molecule has 0 bridgehead atoms. The quantitative estimate of drug-likeness (QED) is 0.354. The van der Waals surface area contributed by atoms with Crippen LogP contribution in [-0.2, 0) is 24.0 Å². The van der Waals surface area contributed by atoms with Gasteiger partial charge < -0.3 is 24.6 Å². The van der Waals surface area contributed by atoms with Crippen LogP contribution in [0.15, 0.2) is 42.9 Å². The third-order valence-electron chi connectivity index (χ3n) is 6.31. The fraction of sp³-hybridized carbons (Fsp3) is 0.292. The summed E-state index contributed by atoms with van der Waals surface area (Å²) in [5, 5.41) is 18.4. The Morgan fingerprint density at radius 2 is 2.05 bits per heavy atom. The molecule has 38 heavy (non-hydrogen) atoms. The van der Waals surface area contributed by atoms with Crippen LogP contribution in [0.2, 0.25) is 0 Å². The van der Waals surface area contributed by atoms with Gasteiger partial charge in [-0.2, -0.15) is 5.10 Å². The number of carbonyl (C=O) groups excluding carboxylic acids is 1. The molecule has 2 radical (unpaired) electrons. The maximum absolute atomic E-state index is 14.0. The lowest BCUT2D eigenvalue weighted by atomic mass is 9.80. The minimum absolute atomic E-state index is 0.00713. The molecule has 1 aliphatic rings. The van der Waals surface area contributed by atoms with E-state index in [1.165, 1.54) is 7.11 Å².